The van der Waals surface area contributed by atoms with Crippen molar-refractivity contribution in [3.63, 3.8) is 0 Å². The fourth-order valence-corrected chi connectivity index (χ4v) is 5.10. The summed E-state index contributed by atoms with van der Waals surface area (Å²) in [5.41, 5.74) is 1.38. The van der Waals surface area contributed by atoms with Gasteiger partial charge in [-0.05, 0) is 37.0 Å². The number of unbranched alkanes of at least 4 members (excludes halogenated alkanes) is 11. The lowest BCUT2D eigenvalue weighted by atomic mass is 10.0. The monoisotopic (exact) mass is 729 g/mol. The second-order valence-electron chi connectivity index (χ2n) is 12.6. The van der Waals surface area contributed by atoms with E-state index in [2.05, 4.69) is 38.1 Å². The molecule has 0 aliphatic carbocycles. The summed E-state index contributed by atoms with van der Waals surface area (Å²) >= 11 is 0. The number of benzene rings is 1. The van der Waals surface area contributed by atoms with E-state index < -0.39 is 0 Å². The first-order valence-corrected chi connectivity index (χ1v) is 20.3. The molecule has 0 atom stereocenters. The molecule has 0 N–H and O–H groups in total. The van der Waals surface area contributed by atoms with Crippen molar-refractivity contribution in [2.75, 3.05) is 126 Å². The first kappa shape index (κ1) is 47.7. The van der Waals surface area contributed by atoms with Gasteiger partial charge in [0.1, 0.15) is 12.4 Å². The predicted octanol–water partition coefficient (Wildman–Crippen LogP) is 7.87. The molecule has 10 heteroatoms. The van der Waals surface area contributed by atoms with Crippen LogP contribution in [0.5, 0.6) is 5.75 Å². The second kappa shape index (κ2) is 41.4. The molecule has 300 valence electrons. The van der Waals surface area contributed by atoms with Crippen LogP contribution in [0.4, 0.5) is 0 Å². The number of rotatable bonds is 43. The molecule has 10 nitrogen and oxygen atoms in total. The molecular formula is C41H76O10. The van der Waals surface area contributed by atoms with Crippen molar-refractivity contribution in [3.8, 4) is 5.75 Å². The van der Waals surface area contributed by atoms with Crippen LogP contribution in [0.2, 0.25) is 0 Å². The average Bonchev–Trinajstić information content (AvgIpc) is 3.15. The highest BCUT2D eigenvalue weighted by Crippen LogP contribution is 2.15. The molecule has 0 heterocycles. The van der Waals surface area contributed by atoms with E-state index in [1.165, 1.54) is 82.6 Å². The number of hydrogen-bond acceptors (Lipinski definition) is 10. The molecular weight excluding hydrogens is 652 g/mol. The summed E-state index contributed by atoms with van der Waals surface area (Å²) in [5, 5.41) is 0. The summed E-state index contributed by atoms with van der Waals surface area (Å²) in [7, 11) is 0. The van der Waals surface area contributed by atoms with E-state index in [4.69, 9.17) is 47.4 Å². The Labute approximate surface area is 311 Å². The van der Waals surface area contributed by atoms with Gasteiger partial charge in [0.15, 0.2) is 0 Å². The zero-order chi connectivity index (χ0) is 36.4. The van der Waals surface area contributed by atoms with E-state index in [1.54, 1.807) is 0 Å². The summed E-state index contributed by atoms with van der Waals surface area (Å²) in [6.07, 6.45) is 18.2. The van der Waals surface area contributed by atoms with Crippen LogP contribution in [0.15, 0.2) is 24.3 Å². The van der Waals surface area contributed by atoms with Crippen molar-refractivity contribution in [2.45, 2.75) is 104 Å². The Balaban J connectivity index is 1.69. The van der Waals surface area contributed by atoms with Crippen molar-refractivity contribution in [1.29, 1.82) is 0 Å². The zero-order valence-electron chi connectivity index (χ0n) is 32.7. The molecule has 0 saturated heterocycles. The van der Waals surface area contributed by atoms with Gasteiger partial charge in [-0.2, -0.15) is 0 Å². The maximum Gasteiger partial charge on any atom is 0.119 e. The number of aryl methyl sites for hydroxylation is 1. The Morgan fingerprint density at radius 2 is 0.588 bits per heavy atom. The van der Waals surface area contributed by atoms with E-state index in [1.807, 2.05) is 0 Å². The van der Waals surface area contributed by atoms with Crippen molar-refractivity contribution >= 4 is 0 Å². The fraction of sp³-hybridized carbons (Fsp3) is 0.854. The van der Waals surface area contributed by atoms with Crippen LogP contribution in [-0.4, -0.2) is 126 Å². The van der Waals surface area contributed by atoms with Gasteiger partial charge in [0, 0.05) is 6.61 Å². The minimum Gasteiger partial charge on any atom is -0.491 e. The molecule has 0 radical (unpaired) electrons. The molecule has 0 aliphatic heterocycles. The molecule has 0 fully saturated rings. The normalized spacial score (nSPS) is 11.5. The van der Waals surface area contributed by atoms with E-state index in [0.29, 0.717) is 119 Å². The first-order chi connectivity index (χ1) is 25.4. The predicted molar refractivity (Wildman–Crippen MR) is 204 cm³/mol. The van der Waals surface area contributed by atoms with Crippen LogP contribution in [0.3, 0.4) is 0 Å². The Morgan fingerprint density at radius 3 is 0.961 bits per heavy atom. The van der Waals surface area contributed by atoms with Gasteiger partial charge in [-0.15, -0.1) is 0 Å². The minimum absolute atomic E-state index is 0.526. The van der Waals surface area contributed by atoms with Gasteiger partial charge < -0.3 is 47.4 Å². The van der Waals surface area contributed by atoms with Gasteiger partial charge in [0.05, 0.1) is 112 Å². The minimum atomic E-state index is 0.526. The summed E-state index contributed by atoms with van der Waals surface area (Å²) in [6, 6.07) is 8.47. The van der Waals surface area contributed by atoms with Crippen LogP contribution in [0, 0.1) is 0 Å². The molecule has 0 saturated carbocycles. The number of hydrogen-bond donors (Lipinski definition) is 0. The topological polar surface area (TPSA) is 92.3 Å². The maximum atomic E-state index is 5.79. The van der Waals surface area contributed by atoms with Crippen LogP contribution in [0.25, 0.3) is 0 Å². The van der Waals surface area contributed by atoms with Gasteiger partial charge in [-0.1, -0.05) is 96.6 Å². The SMILES string of the molecule is CCCCCCCCCc1ccc(OCCOCCOCCOCCOCCOCCOCCOCCOCCOCCCCCCCC)cc1. The van der Waals surface area contributed by atoms with Crippen molar-refractivity contribution in [1.82, 2.24) is 0 Å². The molecule has 1 aromatic carbocycles. The third-order valence-electron chi connectivity index (χ3n) is 8.11. The Morgan fingerprint density at radius 1 is 0.294 bits per heavy atom. The van der Waals surface area contributed by atoms with Crippen molar-refractivity contribution < 1.29 is 47.4 Å². The Bertz CT molecular complexity index is 782. The molecule has 0 unspecified atom stereocenters. The molecule has 0 aliphatic rings. The van der Waals surface area contributed by atoms with E-state index in [9.17, 15) is 0 Å². The van der Waals surface area contributed by atoms with Gasteiger partial charge in [0.25, 0.3) is 0 Å². The summed E-state index contributed by atoms with van der Waals surface area (Å²) in [6.45, 7) is 15.2. The molecule has 0 spiro atoms. The van der Waals surface area contributed by atoms with Crippen LogP contribution >= 0.6 is 0 Å². The lowest BCUT2D eigenvalue weighted by molar-refractivity contribution is -0.0254. The van der Waals surface area contributed by atoms with Crippen molar-refractivity contribution in [3.05, 3.63) is 29.8 Å². The van der Waals surface area contributed by atoms with Gasteiger partial charge in [-0.25, -0.2) is 0 Å². The van der Waals surface area contributed by atoms with E-state index in [-0.39, 0.29) is 0 Å². The summed E-state index contributed by atoms with van der Waals surface area (Å²) < 4.78 is 55.7. The molecule has 0 bridgehead atoms. The third kappa shape index (κ3) is 36.8. The molecule has 1 rings (SSSR count). The molecule has 0 amide bonds. The Kier molecular flexibility index (Phi) is 38.7. The van der Waals surface area contributed by atoms with Crippen LogP contribution in [0.1, 0.15) is 103 Å². The number of ether oxygens (including phenoxy) is 10. The zero-order valence-corrected chi connectivity index (χ0v) is 32.7. The lowest BCUT2D eigenvalue weighted by Crippen LogP contribution is -2.15. The van der Waals surface area contributed by atoms with Crippen molar-refractivity contribution in [2.24, 2.45) is 0 Å². The van der Waals surface area contributed by atoms with E-state index >= 15 is 0 Å². The average molecular weight is 729 g/mol. The maximum absolute atomic E-state index is 5.79. The molecule has 1 aromatic rings. The summed E-state index contributed by atoms with van der Waals surface area (Å²) in [5.74, 6) is 0.891. The van der Waals surface area contributed by atoms with Gasteiger partial charge in [0.2, 0.25) is 0 Å². The standard InChI is InChI=1S/C41H76O10/c1-3-5-7-9-11-12-14-16-40-17-19-41(20-18-40)51-39-38-50-37-36-49-35-34-48-33-32-47-31-30-46-29-28-45-27-26-44-25-24-43-23-22-42-21-15-13-10-8-6-4-2/h17-20H,3-16,21-39H2,1-2H3. The second-order valence-corrected chi connectivity index (χ2v) is 12.6. The quantitative estimate of drug-likeness (QED) is 0.0619. The van der Waals surface area contributed by atoms with Crippen LogP contribution < -0.4 is 4.74 Å². The highest BCUT2D eigenvalue weighted by Gasteiger charge is 1.99. The lowest BCUT2D eigenvalue weighted by Gasteiger charge is -2.09. The Hall–Kier alpha value is -1.34. The third-order valence-corrected chi connectivity index (χ3v) is 8.11. The smallest absolute Gasteiger partial charge is 0.119 e. The van der Waals surface area contributed by atoms with Gasteiger partial charge in [-0.3, -0.25) is 0 Å². The highest BCUT2D eigenvalue weighted by atomic mass is 16.6. The van der Waals surface area contributed by atoms with Crippen LogP contribution in [-0.2, 0) is 49.1 Å². The first-order valence-electron chi connectivity index (χ1n) is 20.3. The van der Waals surface area contributed by atoms with E-state index in [0.717, 1.165) is 25.2 Å². The molecule has 51 heavy (non-hydrogen) atoms. The summed E-state index contributed by atoms with van der Waals surface area (Å²) in [4.78, 5) is 0. The fourth-order valence-electron chi connectivity index (χ4n) is 5.10. The highest BCUT2D eigenvalue weighted by molar-refractivity contribution is 5.27. The largest absolute Gasteiger partial charge is 0.491 e. The van der Waals surface area contributed by atoms with Gasteiger partial charge >= 0.3 is 0 Å². The molecule has 0 aromatic heterocycles.